The van der Waals surface area contributed by atoms with Crippen LogP contribution in [-0.2, 0) is 0 Å². The minimum atomic E-state index is 0. The summed E-state index contributed by atoms with van der Waals surface area (Å²) in [5.41, 5.74) is 0. The number of hydrogen-bond donors (Lipinski definition) is 0. The van der Waals surface area contributed by atoms with E-state index in [-0.39, 0.29) is 60.3 Å². The molecule has 0 nitrogen and oxygen atoms in total. The van der Waals surface area contributed by atoms with Crippen molar-refractivity contribution in [1.29, 1.82) is 0 Å². The molecule has 2 radical (unpaired) electrons. The fourth-order valence-corrected chi connectivity index (χ4v) is 0. The van der Waals surface area contributed by atoms with Crippen molar-refractivity contribution in [2.24, 2.45) is 0 Å². The van der Waals surface area contributed by atoms with Gasteiger partial charge in [0.25, 0.3) is 0 Å². The molecule has 5 heavy (non-hydrogen) atoms. The Balaban J connectivity index is 0. The molecule has 0 amide bonds. The van der Waals surface area contributed by atoms with Crippen molar-refractivity contribution < 1.29 is 33.0 Å². The van der Waals surface area contributed by atoms with Crippen LogP contribution in [0.4, 0.5) is 0 Å². The number of halogens is 3. The Hall–Kier alpha value is 1.31. The average Bonchev–Trinajstić information content (AvgIpc) is 0. The monoisotopic (exact) mass is 272 g/mol. The minimum Gasteiger partial charge on any atom is -1.00 e. The standard InChI is InChI=1S/3FH.Li.Pb/h3*1H;;/q;;;+1;+2/p-3. The van der Waals surface area contributed by atoms with Gasteiger partial charge in [0.15, 0.2) is 0 Å². The fraction of sp³-hybridized carbons (Fsp3) is 0. The van der Waals surface area contributed by atoms with Crippen LogP contribution in [-0.4, -0.2) is 27.3 Å². The molecule has 0 aliphatic carbocycles. The maximum atomic E-state index is 0. The zero-order chi connectivity index (χ0) is 0. The second-order valence-corrected chi connectivity index (χ2v) is 0. The zero-order valence-electron chi connectivity index (χ0n) is 2.63. The van der Waals surface area contributed by atoms with Gasteiger partial charge in [-0.3, -0.25) is 0 Å². The molecular formula is F3LiPb. The van der Waals surface area contributed by atoms with Gasteiger partial charge in [-0.05, 0) is 0 Å². The molecule has 0 bridgehead atoms. The van der Waals surface area contributed by atoms with Crippen molar-refractivity contribution in [3.63, 3.8) is 0 Å². The second kappa shape index (κ2) is 57.5. The van der Waals surface area contributed by atoms with Gasteiger partial charge < -0.3 is 14.1 Å². The summed E-state index contributed by atoms with van der Waals surface area (Å²) < 4.78 is 0. The normalized spacial score (nSPS) is 0. The molecule has 0 saturated heterocycles. The summed E-state index contributed by atoms with van der Waals surface area (Å²) in [5.74, 6) is 0. The molecule has 26 valence electrons. The van der Waals surface area contributed by atoms with Crippen molar-refractivity contribution in [1.82, 2.24) is 0 Å². The van der Waals surface area contributed by atoms with E-state index in [2.05, 4.69) is 0 Å². The third-order valence-corrected chi connectivity index (χ3v) is 0. The first kappa shape index (κ1) is 104. The summed E-state index contributed by atoms with van der Waals surface area (Å²) in [6, 6.07) is 0. The van der Waals surface area contributed by atoms with Crippen molar-refractivity contribution in [2.45, 2.75) is 0 Å². The molecule has 0 atom stereocenters. The summed E-state index contributed by atoms with van der Waals surface area (Å²) in [6.07, 6.45) is 0. The summed E-state index contributed by atoms with van der Waals surface area (Å²) >= 11 is 0. The van der Waals surface area contributed by atoms with E-state index in [0.717, 1.165) is 0 Å². The Bertz CT molecular complexity index is 6.85. The van der Waals surface area contributed by atoms with Crippen molar-refractivity contribution in [3.8, 4) is 0 Å². The van der Waals surface area contributed by atoms with Crippen LogP contribution < -0.4 is 33.0 Å². The van der Waals surface area contributed by atoms with E-state index >= 15 is 0 Å². The van der Waals surface area contributed by atoms with Crippen LogP contribution >= 0.6 is 0 Å². The fourth-order valence-electron chi connectivity index (χ4n) is 0. The van der Waals surface area contributed by atoms with Gasteiger partial charge in [0.1, 0.15) is 0 Å². The summed E-state index contributed by atoms with van der Waals surface area (Å²) in [5, 5.41) is 0. The van der Waals surface area contributed by atoms with E-state index in [1.165, 1.54) is 0 Å². The maximum absolute atomic E-state index is 0. The van der Waals surface area contributed by atoms with Gasteiger partial charge in [0.2, 0.25) is 0 Å². The molecule has 0 rings (SSSR count). The molecule has 0 aromatic heterocycles. The quantitative estimate of drug-likeness (QED) is 0.384. The zero-order valence-corrected chi connectivity index (χ0v) is 6.52. The van der Waals surface area contributed by atoms with E-state index in [0.29, 0.717) is 0 Å². The summed E-state index contributed by atoms with van der Waals surface area (Å²) in [7, 11) is 0. The molecule has 0 heterocycles. The van der Waals surface area contributed by atoms with Crippen molar-refractivity contribution >= 4 is 27.3 Å². The van der Waals surface area contributed by atoms with Gasteiger partial charge in [-0.15, -0.1) is 0 Å². The van der Waals surface area contributed by atoms with Gasteiger partial charge in [-0.2, -0.15) is 0 Å². The number of hydrogen-bond acceptors (Lipinski definition) is 0. The van der Waals surface area contributed by atoms with E-state index < -0.39 is 0 Å². The van der Waals surface area contributed by atoms with Gasteiger partial charge in [0, 0.05) is 0 Å². The van der Waals surface area contributed by atoms with Crippen LogP contribution in [0.3, 0.4) is 0 Å². The Labute approximate surface area is 60.1 Å². The molecule has 0 aliphatic rings. The second-order valence-electron chi connectivity index (χ2n) is 0. The molecule has 5 heteroatoms. The Morgan fingerprint density at radius 3 is 0.600 bits per heavy atom. The molecule has 0 N–H and O–H groups in total. The van der Waals surface area contributed by atoms with Gasteiger partial charge in [-0.1, -0.05) is 0 Å². The molecule has 0 fully saturated rings. The third-order valence-electron chi connectivity index (χ3n) is 0. The Morgan fingerprint density at radius 2 is 0.600 bits per heavy atom. The molecular weight excluding hydrogens is 271 g/mol. The van der Waals surface area contributed by atoms with Crippen LogP contribution in [0.25, 0.3) is 0 Å². The molecule has 0 unspecified atom stereocenters. The molecule has 0 spiro atoms. The van der Waals surface area contributed by atoms with Crippen LogP contribution in [0.1, 0.15) is 0 Å². The van der Waals surface area contributed by atoms with E-state index in [1.54, 1.807) is 0 Å². The van der Waals surface area contributed by atoms with Crippen LogP contribution in [0, 0.1) is 0 Å². The molecule has 0 saturated carbocycles. The smallest absolute Gasteiger partial charge is 1.00 e. The maximum Gasteiger partial charge on any atom is 2.00 e. The largest absolute Gasteiger partial charge is 2.00 e. The first-order valence-electron chi connectivity index (χ1n) is 0. The predicted molar refractivity (Wildman–Crippen MR) is 5.75 cm³/mol. The SMILES string of the molecule is [F-].[F-].[F-].[Li+].[Pb+2]. The van der Waals surface area contributed by atoms with E-state index in [9.17, 15) is 0 Å². The summed E-state index contributed by atoms with van der Waals surface area (Å²) in [6.45, 7) is 0. The average molecular weight is 271 g/mol. The van der Waals surface area contributed by atoms with Crippen LogP contribution in [0.5, 0.6) is 0 Å². The minimum absolute atomic E-state index is 0. The third kappa shape index (κ3) is 33.9. The number of rotatable bonds is 0. The van der Waals surface area contributed by atoms with Gasteiger partial charge >= 0.3 is 46.2 Å². The Kier molecular flexibility index (Phi) is 1190. The van der Waals surface area contributed by atoms with E-state index in [4.69, 9.17) is 0 Å². The van der Waals surface area contributed by atoms with Crippen molar-refractivity contribution in [2.75, 3.05) is 0 Å². The topological polar surface area (TPSA) is 0 Å². The van der Waals surface area contributed by atoms with Crippen LogP contribution in [0.2, 0.25) is 0 Å². The first-order valence-corrected chi connectivity index (χ1v) is 0. The van der Waals surface area contributed by atoms with Crippen molar-refractivity contribution in [3.05, 3.63) is 0 Å². The van der Waals surface area contributed by atoms with Gasteiger partial charge in [-0.25, -0.2) is 0 Å². The summed E-state index contributed by atoms with van der Waals surface area (Å²) in [4.78, 5) is 0. The molecule has 0 aromatic carbocycles. The Morgan fingerprint density at radius 1 is 0.600 bits per heavy atom. The molecule has 0 aliphatic heterocycles. The first-order chi connectivity index (χ1) is 0. The molecule has 0 aromatic rings. The van der Waals surface area contributed by atoms with Crippen LogP contribution in [0.15, 0.2) is 0 Å². The van der Waals surface area contributed by atoms with E-state index in [1.807, 2.05) is 0 Å². The predicted octanol–water partition coefficient (Wildman–Crippen LogP) is -12.4. The van der Waals surface area contributed by atoms with Gasteiger partial charge in [0.05, 0.1) is 0 Å².